The third-order valence-electron chi connectivity index (χ3n) is 4.05. The van der Waals surface area contributed by atoms with Gasteiger partial charge in [0.1, 0.15) is 11.3 Å². The topological polar surface area (TPSA) is 81.7 Å². The van der Waals surface area contributed by atoms with Crippen LogP contribution < -0.4 is 10.6 Å². The number of anilines is 1. The minimum Gasteiger partial charge on any atom is -0.511 e. The molecule has 0 aromatic heterocycles. The Hall–Kier alpha value is -2.34. The van der Waals surface area contributed by atoms with E-state index in [1.807, 2.05) is 25.1 Å². The van der Waals surface area contributed by atoms with Crippen LogP contribution in [0.1, 0.15) is 12.0 Å². The van der Waals surface area contributed by atoms with Crippen LogP contribution in [0.25, 0.3) is 0 Å². The fourth-order valence-electron chi connectivity index (χ4n) is 2.95. The molecule has 3 rings (SSSR count). The van der Waals surface area contributed by atoms with Crippen molar-refractivity contribution in [1.29, 1.82) is 0 Å². The summed E-state index contributed by atoms with van der Waals surface area (Å²) < 4.78 is 0. The maximum Gasteiger partial charge on any atom is 0.264 e. The van der Waals surface area contributed by atoms with E-state index < -0.39 is 5.91 Å². The second-order valence-corrected chi connectivity index (χ2v) is 5.71. The summed E-state index contributed by atoms with van der Waals surface area (Å²) in [5.41, 5.74) is 1.48. The summed E-state index contributed by atoms with van der Waals surface area (Å²) in [5, 5.41) is 16.0. The maximum atomic E-state index is 12.5. The standard InChI is InChI=1S/C16H19N3O3/c1-10-3-2-4-11(7-10)18-15(21)14-13(20)8-12-9-17-5-6-19(12)16(14)22/h2-4,7,12,17,20H,5-6,8-9H2,1H3,(H,18,21). The molecule has 2 aliphatic heterocycles. The Kier molecular flexibility index (Phi) is 3.85. The van der Waals surface area contributed by atoms with E-state index in [9.17, 15) is 14.7 Å². The number of carbonyl (C=O) groups is 2. The number of nitrogens with one attached hydrogen (secondary N) is 2. The lowest BCUT2D eigenvalue weighted by Crippen LogP contribution is -2.57. The van der Waals surface area contributed by atoms with E-state index in [4.69, 9.17) is 0 Å². The highest BCUT2D eigenvalue weighted by molar-refractivity contribution is 6.23. The van der Waals surface area contributed by atoms with Crippen molar-refractivity contribution in [3.8, 4) is 0 Å². The van der Waals surface area contributed by atoms with E-state index in [2.05, 4.69) is 10.6 Å². The van der Waals surface area contributed by atoms with Gasteiger partial charge in [0.15, 0.2) is 0 Å². The first kappa shape index (κ1) is 14.6. The van der Waals surface area contributed by atoms with E-state index in [0.717, 1.165) is 5.56 Å². The predicted molar refractivity (Wildman–Crippen MR) is 82.5 cm³/mol. The summed E-state index contributed by atoms with van der Waals surface area (Å²) in [6.45, 7) is 3.82. The van der Waals surface area contributed by atoms with Gasteiger partial charge in [-0.25, -0.2) is 0 Å². The van der Waals surface area contributed by atoms with Gasteiger partial charge in [-0.1, -0.05) is 12.1 Å². The Morgan fingerprint density at radius 1 is 1.45 bits per heavy atom. The molecule has 116 valence electrons. The summed E-state index contributed by atoms with van der Waals surface area (Å²) in [7, 11) is 0. The fraction of sp³-hybridized carbons (Fsp3) is 0.375. The van der Waals surface area contributed by atoms with Crippen molar-refractivity contribution in [3.05, 3.63) is 41.2 Å². The second-order valence-electron chi connectivity index (χ2n) is 5.71. The smallest absolute Gasteiger partial charge is 0.264 e. The number of hydrogen-bond acceptors (Lipinski definition) is 4. The molecule has 0 bridgehead atoms. The maximum absolute atomic E-state index is 12.5. The van der Waals surface area contributed by atoms with Crippen molar-refractivity contribution in [2.75, 3.05) is 25.0 Å². The van der Waals surface area contributed by atoms with Crippen LogP contribution in [0.5, 0.6) is 0 Å². The minimum atomic E-state index is -0.551. The van der Waals surface area contributed by atoms with Gasteiger partial charge in [-0.05, 0) is 24.6 Å². The zero-order chi connectivity index (χ0) is 15.7. The van der Waals surface area contributed by atoms with Crippen LogP contribution in [-0.4, -0.2) is 47.5 Å². The van der Waals surface area contributed by atoms with E-state index in [1.165, 1.54) is 0 Å². The first-order valence-corrected chi connectivity index (χ1v) is 7.38. The summed E-state index contributed by atoms with van der Waals surface area (Å²) >= 11 is 0. The molecular formula is C16H19N3O3. The molecular weight excluding hydrogens is 282 g/mol. The molecule has 1 fully saturated rings. The highest BCUT2D eigenvalue weighted by atomic mass is 16.3. The SMILES string of the molecule is Cc1cccc(NC(=O)C2=C(O)CC3CNCCN3C2=O)c1. The highest BCUT2D eigenvalue weighted by Crippen LogP contribution is 2.25. The molecule has 1 aromatic rings. The molecule has 0 aliphatic carbocycles. The van der Waals surface area contributed by atoms with Crippen LogP contribution >= 0.6 is 0 Å². The van der Waals surface area contributed by atoms with Gasteiger partial charge in [0.2, 0.25) is 0 Å². The third-order valence-corrected chi connectivity index (χ3v) is 4.05. The Bertz CT molecular complexity index is 654. The molecule has 6 nitrogen and oxygen atoms in total. The molecule has 0 radical (unpaired) electrons. The fourth-order valence-corrected chi connectivity index (χ4v) is 2.95. The van der Waals surface area contributed by atoms with E-state index >= 15 is 0 Å². The number of piperazine rings is 1. The Morgan fingerprint density at radius 3 is 3.05 bits per heavy atom. The first-order valence-electron chi connectivity index (χ1n) is 7.38. The lowest BCUT2D eigenvalue weighted by molar-refractivity contribution is -0.133. The van der Waals surface area contributed by atoms with E-state index in [0.29, 0.717) is 31.7 Å². The molecule has 2 aliphatic rings. The molecule has 22 heavy (non-hydrogen) atoms. The first-order chi connectivity index (χ1) is 10.6. The largest absolute Gasteiger partial charge is 0.511 e. The van der Waals surface area contributed by atoms with Crippen molar-refractivity contribution in [1.82, 2.24) is 10.2 Å². The van der Waals surface area contributed by atoms with Crippen molar-refractivity contribution >= 4 is 17.5 Å². The monoisotopic (exact) mass is 301 g/mol. The second kappa shape index (κ2) is 5.81. The molecule has 2 amide bonds. The van der Waals surface area contributed by atoms with E-state index in [-0.39, 0.29) is 23.3 Å². The van der Waals surface area contributed by atoms with Gasteiger partial charge in [0, 0.05) is 31.7 Å². The van der Waals surface area contributed by atoms with Crippen molar-refractivity contribution < 1.29 is 14.7 Å². The lowest BCUT2D eigenvalue weighted by Gasteiger charge is -2.39. The summed E-state index contributed by atoms with van der Waals surface area (Å²) in [5.74, 6) is -1.06. The van der Waals surface area contributed by atoms with Gasteiger partial charge in [-0.3, -0.25) is 9.59 Å². The average molecular weight is 301 g/mol. The van der Waals surface area contributed by atoms with Gasteiger partial charge < -0.3 is 20.6 Å². The van der Waals surface area contributed by atoms with Crippen LogP contribution in [-0.2, 0) is 9.59 Å². The Morgan fingerprint density at radius 2 is 2.27 bits per heavy atom. The number of carbonyl (C=O) groups excluding carboxylic acids is 2. The number of amides is 2. The van der Waals surface area contributed by atoms with Crippen LogP contribution in [0.3, 0.4) is 0 Å². The summed E-state index contributed by atoms with van der Waals surface area (Å²) in [6, 6.07) is 7.24. The van der Waals surface area contributed by atoms with Gasteiger partial charge >= 0.3 is 0 Å². The average Bonchev–Trinajstić information content (AvgIpc) is 2.47. The molecule has 2 heterocycles. The van der Waals surface area contributed by atoms with Crippen LogP contribution in [0.4, 0.5) is 5.69 Å². The molecule has 6 heteroatoms. The molecule has 3 N–H and O–H groups in total. The number of benzene rings is 1. The molecule has 1 saturated heterocycles. The summed E-state index contributed by atoms with van der Waals surface area (Å²) in [4.78, 5) is 26.5. The Balaban J connectivity index is 1.83. The van der Waals surface area contributed by atoms with Crippen LogP contribution in [0.2, 0.25) is 0 Å². The van der Waals surface area contributed by atoms with Gasteiger partial charge in [-0.15, -0.1) is 0 Å². The lowest BCUT2D eigenvalue weighted by atomic mass is 9.97. The number of rotatable bonds is 2. The Labute approximate surface area is 128 Å². The van der Waals surface area contributed by atoms with Gasteiger partial charge in [0.25, 0.3) is 11.8 Å². The number of nitrogens with zero attached hydrogens (tertiary/aromatic N) is 1. The number of aryl methyl sites for hydroxylation is 1. The predicted octanol–water partition coefficient (Wildman–Crippen LogP) is 0.950. The zero-order valence-corrected chi connectivity index (χ0v) is 12.4. The molecule has 0 saturated carbocycles. The van der Waals surface area contributed by atoms with Gasteiger partial charge in [-0.2, -0.15) is 0 Å². The normalized spacial score (nSPS) is 21.6. The number of hydrogen-bond donors (Lipinski definition) is 3. The highest BCUT2D eigenvalue weighted by Gasteiger charge is 2.38. The molecule has 1 aromatic carbocycles. The van der Waals surface area contributed by atoms with Crippen molar-refractivity contribution in [2.24, 2.45) is 0 Å². The number of aliphatic hydroxyl groups excluding tert-OH is 1. The molecule has 0 spiro atoms. The van der Waals surface area contributed by atoms with Gasteiger partial charge in [0.05, 0.1) is 6.04 Å². The third kappa shape index (κ3) is 2.69. The van der Waals surface area contributed by atoms with Crippen LogP contribution in [0, 0.1) is 6.92 Å². The number of aliphatic hydroxyl groups is 1. The van der Waals surface area contributed by atoms with Crippen molar-refractivity contribution in [3.63, 3.8) is 0 Å². The molecule has 1 atom stereocenters. The summed E-state index contributed by atoms with van der Waals surface area (Å²) in [6.07, 6.45) is 0.315. The zero-order valence-electron chi connectivity index (χ0n) is 12.4. The number of fused-ring (bicyclic) bond motifs is 1. The quantitative estimate of drug-likeness (QED) is 0.710. The van der Waals surface area contributed by atoms with Crippen molar-refractivity contribution in [2.45, 2.75) is 19.4 Å². The van der Waals surface area contributed by atoms with Crippen LogP contribution in [0.15, 0.2) is 35.6 Å². The van der Waals surface area contributed by atoms with E-state index in [1.54, 1.807) is 11.0 Å². The molecule has 1 unspecified atom stereocenters. The minimum absolute atomic E-state index is 0.0724.